The van der Waals surface area contributed by atoms with Crippen LogP contribution in [0.5, 0.6) is 0 Å². The second kappa shape index (κ2) is 4.08. The molecule has 13 heavy (non-hydrogen) atoms. The van der Waals surface area contributed by atoms with Crippen molar-refractivity contribution in [2.24, 2.45) is 0 Å². The van der Waals surface area contributed by atoms with Crippen molar-refractivity contribution >= 4 is 0 Å². The van der Waals surface area contributed by atoms with Gasteiger partial charge in [0.15, 0.2) is 0 Å². The van der Waals surface area contributed by atoms with Crippen LogP contribution in [0.4, 0.5) is 4.39 Å². The third-order valence-electron chi connectivity index (χ3n) is 1.97. The molecule has 0 spiro atoms. The van der Waals surface area contributed by atoms with Crippen LogP contribution in [0.25, 0.3) is 0 Å². The second-order valence-electron chi connectivity index (χ2n) is 3.19. The summed E-state index contributed by atoms with van der Waals surface area (Å²) >= 11 is 0. The molecule has 0 unspecified atom stereocenters. The number of likely N-dealkylation sites (N-methyl/N-ethyl adjacent to an activating group) is 1. The topological polar surface area (TPSA) is 3.24 Å². The highest BCUT2D eigenvalue weighted by molar-refractivity contribution is 5.33. The highest BCUT2D eigenvalue weighted by atomic mass is 19.1. The minimum absolute atomic E-state index is 0.138. The number of allylic oxidation sites excluding steroid dienone is 6. The van der Waals surface area contributed by atoms with E-state index >= 15 is 0 Å². The summed E-state index contributed by atoms with van der Waals surface area (Å²) in [4.78, 5) is 1.85. The molecule has 0 atom stereocenters. The molecule has 70 valence electrons. The fraction of sp³-hybridized carbons (Fsp3) is 0.273. The molecule has 0 aromatic carbocycles. The van der Waals surface area contributed by atoms with E-state index in [9.17, 15) is 4.39 Å². The van der Waals surface area contributed by atoms with E-state index in [1.807, 2.05) is 24.9 Å². The van der Waals surface area contributed by atoms with Crippen molar-refractivity contribution in [2.75, 3.05) is 13.6 Å². The zero-order chi connectivity index (χ0) is 9.84. The van der Waals surface area contributed by atoms with E-state index in [4.69, 9.17) is 0 Å². The number of rotatable bonds is 0. The van der Waals surface area contributed by atoms with Gasteiger partial charge in [0, 0.05) is 12.7 Å². The Hall–Kier alpha value is -1.31. The summed E-state index contributed by atoms with van der Waals surface area (Å²) in [5, 5.41) is 0. The van der Waals surface area contributed by atoms with Gasteiger partial charge in [-0.2, -0.15) is 0 Å². The monoisotopic (exact) mass is 179 g/mol. The highest BCUT2D eigenvalue weighted by Gasteiger charge is 2.03. The van der Waals surface area contributed by atoms with E-state index in [0.29, 0.717) is 6.54 Å². The van der Waals surface area contributed by atoms with E-state index in [0.717, 1.165) is 11.3 Å². The molecule has 1 nitrogen and oxygen atoms in total. The molecule has 1 rings (SSSR count). The van der Waals surface area contributed by atoms with E-state index < -0.39 is 0 Å². The van der Waals surface area contributed by atoms with Crippen LogP contribution >= 0.6 is 0 Å². The van der Waals surface area contributed by atoms with Gasteiger partial charge in [-0.25, -0.2) is 4.39 Å². The Morgan fingerprint density at radius 3 is 2.92 bits per heavy atom. The zero-order valence-corrected chi connectivity index (χ0v) is 8.05. The summed E-state index contributed by atoms with van der Waals surface area (Å²) in [5.41, 5.74) is 1.90. The molecule has 0 fully saturated rings. The minimum atomic E-state index is -0.138. The summed E-state index contributed by atoms with van der Waals surface area (Å²) in [6.45, 7) is 6.09. The molecule has 2 heteroatoms. The fourth-order valence-corrected chi connectivity index (χ4v) is 1.11. The SMILES string of the molecule is C=C1/C=C\C=C(\F)CN(C)/C(C)=C\1. The van der Waals surface area contributed by atoms with Crippen molar-refractivity contribution in [1.29, 1.82) is 0 Å². The van der Waals surface area contributed by atoms with Crippen LogP contribution in [0.2, 0.25) is 0 Å². The van der Waals surface area contributed by atoms with Crippen molar-refractivity contribution in [3.05, 3.63) is 48.0 Å². The molecule has 0 saturated carbocycles. The molecular weight excluding hydrogens is 165 g/mol. The largest absolute Gasteiger partial charge is 0.371 e. The Balaban J connectivity index is 2.95. The van der Waals surface area contributed by atoms with Gasteiger partial charge in [-0.05, 0) is 24.6 Å². The number of nitrogens with zero attached hydrogens (tertiary/aromatic N) is 1. The van der Waals surface area contributed by atoms with Gasteiger partial charge in [0.05, 0.1) is 6.54 Å². The standard InChI is InChI=1S/C11H14FN/c1-9-5-4-6-11(12)8-13(3)10(2)7-9/h4-7H,1,8H2,2-3H3/b5-4-,10-7-,11-6+. The lowest BCUT2D eigenvalue weighted by Crippen LogP contribution is -2.17. The van der Waals surface area contributed by atoms with E-state index in [1.165, 1.54) is 6.08 Å². The maximum Gasteiger partial charge on any atom is 0.119 e. The molecule has 0 amide bonds. The quantitative estimate of drug-likeness (QED) is 0.552. The molecule has 0 aliphatic carbocycles. The molecule has 0 N–H and O–H groups in total. The maximum atomic E-state index is 13.1. The lowest BCUT2D eigenvalue weighted by molar-refractivity contribution is 0.409. The Morgan fingerprint density at radius 1 is 1.54 bits per heavy atom. The van der Waals surface area contributed by atoms with Crippen molar-refractivity contribution in [2.45, 2.75) is 6.92 Å². The number of hydrogen-bond donors (Lipinski definition) is 0. The van der Waals surface area contributed by atoms with Gasteiger partial charge < -0.3 is 4.90 Å². The summed E-state index contributed by atoms with van der Waals surface area (Å²) in [7, 11) is 1.86. The zero-order valence-electron chi connectivity index (χ0n) is 8.05. The minimum Gasteiger partial charge on any atom is -0.371 e. The third-order valence-corrected chi connectivity index (χ3v) is 1.97. The highest BCUT2D eigenvalue weighted by Crippen LogP contribution is 2.11. The van der Waals surface area contributed by atoms with Gasteiger partial charge in [0.1, 0.15) is 5.83 Å². The number of hydrogen-bond acceptors (Lipinski definition) is 1. The average molecular weight is 179 g/mol. The first-order valence-corrected chi connectivity index (χ1v) is 4.20. The predicted molar refractivity (Wildman–Crippen MR) is 53.9 cm³/mol. The summed E-state index contributed by atoms with van der Waals surface area (Å²) in [6, 6.07) is 0. The van der Waals surface area contributed by atoms with E-state index in [1.54, 1.807) is 12.2 Å². The lowest BCUT2D eigenvalue weighted by Gasteiger charge is -2.18. The van der Waals surface area contributed by atoms with Crippen LogP contribution in [0.3, 0.4) is 0 Å². The Labute approximate surface area is 78.5 Å². The second-order valence-corrected chi connectivity index (χ2v) is 3.19. The van der Waals surface area contributed by atoms with Crippen molar-refractivity contribution in [1.82, 2.24) is 4.90 Å². The Morgan fingerprint density at radius 2 is 2.23 bits per heavy atom. The Kier molecular flexibility index (Phi) is 3.07. The maximum absolute atomic E-state index is 13.1. The normalized spacial score (nSPS) is 29.2. The smallest absolute Gasteiger partial charge is 0.119 e. The van der Waals surface area contributed by atoms with Gasteiger partial charge in [0.25, 0.3) is 0 Å². The fourth-order valence-electron chi connectivity index (χ4n) is 1.11. The number of halogens is 1. The first-order chi connectivity index (χ1) is 6.09. The first-order valence-electron chi connectivity index (χ1n) is 4.20. The molecular formula is C11H14FN. The van der Waals surface area contributed by atoms with Gasteiger partial charge in [-0.1, -0.05) is 18.7 Å². The van der Waals surface area contributed by atoms with Crippen LogP contribution in [-0.4, -0.2) is 18.5 Å². The molecule has 0 aromatic rings. The summed E-state index contributed by atoms with van der Waals surface area (Å²) in [5.74, 6) is -0.138. The van der Waals surface area contributed by atoms with Gasteiger partial charge >= 0.3 is 0 Å². The van der Waals surface area contributed by atoms with Crippen molar-refractivity contribution < 1.29 is 4.39 Å². The molecule has 0 aromatic heterocycles. The molecule has 1 aliphatic rings. The van der Waals surface area contributed by atoms with Gasteiger partial charge in [0.2, 0.25) is 0 Å². The van der Waals surface area contributed by atoms with Crippen LogP contribution < -0.4 is 0 Å². The van der Waals surface area contributed by atoms with Gasteiger partial charge in [-0.15, -0.1) is 0 Å². The molecule has 0 saturated heterocycles. The lowest BCUT2D eigenvalue weighted by atomic mass is 10.2. The average Bonchev–Trinajstić information content (AvgIpc) is 2.06. The van der Waals surface area contributed by atoms with Crippen LogP contribution in [0.1, 0.15) is 6.92 Å². The van der Waals surface area contributed by atoms with Crippen LogP contribution in [0.15, 0.2) is 48.0 Å². The van der Waals surface area contributed by atoms with Crippen LogP contribution in [0, 0.1) is 0 Å². The van der Waals surface area contributed by atoms with E-state index in [-0.39, 0.29) is 5.83 Å². The third kappa shape index (κ3) is 2.90. The summed E-state index contributed by atoms with van der Waals surface area (Å²) in [6.07, 6.45) is 6.87. The van der Waals surface area contributed by atoms with Crippen molar-refractivity contribution in [3.8, 4) is 0 Å². The molecule has 1 heterocycles. The molecule has 0 radical (unpaired) electrons. The van der Waals surface area contributed by atoms with E-state index in [2.05, 4.69) is 6.58 Å². The molecule has 1 aliphatic heterocycles. The predicted octanol–water partition coefficient (Wildman–Crippen LogP) is 2.80. The first kappa shape index (κ1) is 9.78. The molecule has 0 bridgehead atoms. The van der Waals surface area contributed by atoms with Crippen molar-refractivity contribution in [3.63, 3.8) is 0 Å². The Bertz CT molecular complexity index is 297. The van der Waals surface area contributed by atoms with Crippen LogP contribution in [-0.2, 0) is 0 Å². The summed E-state index contributed by atoms with van der Waals surface area (Å²) < 4.78 is 13.1. The van der Waals surface area contributed by atoms with Gasteiger partial charge in [-0.3, -0.25) is 0 Å².